The molecule has 0 radical (unpaired) electrons. The Kier molecular flexibility index (Phi) is 3.47. The number of benzene rings is 1. The molecule has 4 atom stereocenters. The number of piperidine rings is 1. The fourth-order valence-corrected chi connectivity index (χ4v) is 4.29. The second kappa shape index (κ2) is 5.43. The number of ketones is 1. The number of aromatic nitrogens is 1. The summed E-state index contributed by atoms with van der Waals surface area (Å²) in [6.07, 6.45) is 0.957. The van der Waals surface area contributed by atoms with E-state index < -0.39 is 18.1 Å². The Morgan fingerprint density at radius 2 is 2.12 bits per heavy atom. The van der Waals surface area contributed by atoms with Crippen LogP contribution in [-0.2, 0) is 9.53 Å². The second-order valence-corrected chi connectivity index (χ2v) is 6.80. The zero-order valence-corrected chi connectivity index (χ0v) is 13.4. The Hall–Kier alpha value is -2.18. The van der Waals surface area contributed by atoms with Crippen molar-refractivity contribution in [3.8, 4) is 0 Å². The number of nitrogens with one attached hydrogen (secondary N) is 2. The minimum atomic E-state index is -0.926. The lowest BCUT2D eigenvalue weighted by Crippen LogP contribution is -2.56. The van der Waals surface area contributed by atoms with E-state index in [0.717, 1.165) is 17.3 Å². The van der Waals surface area contributed by atoms with E-state index in [1.54, 1.807) is 0 Å². The summed E-state index contributed by atoms with van der Waals surface area (Å²) in [6.45, 7) is 0.591. The summed E-state index contributed by atoms with van der Waals surface area (Å²) >= 11 is 0. The SMILES string of the molecule is COC1C(C(=O)O)NCCC12CC2C(=O)c1cc2ccccc2[nH]1. The number of aliphatic carboxylic acids is 1. The molecule has 1 aliphatic carbocycles. The maximum absolute atomic E-state index is 12.9. The predicted octanol–water partition coefficient (Wildman–Crippen LogP) is 1.82. The van der Waals surface area contributed by atoms with Gasteiger partial charge in [0.15, 0.2) is 5.78 Å². The molecule has 2 aromatic rings. The highest BCUT2D eigenvalue weighted by atomic mass is 16.5. The maximum Gasteiger partial charge on any atom is 0.323 e. The summed E-state index contributed by atoms with van der Waals surface area (Å²) in [4.78, 5) is 27.6. The van der Waals surface area contributed by atoms with Gasteiger partial charge in [-0.2, -0.15) is 0 Å². The van der Waals surface area contributed by atoms with Crippen LogP contribution >= 0.6 is 0 Å². The van der Waals surface area contributed by atoms with E-state index in [4.69, 9.17) is 4.74 Å². The van der Waals surface area contributed by atoms with E-state index in [-0.39, 0.29) is 17.1 Å². The van der Waals surface area contributed by atoms with Crippen LogP contribution < -0.4 is 5.32 Å². The van der Waals surface area contributed by atoms with E-state index in [9.17, 15) is 14.7 Å². The van der Waals surface area contributed by atoms with E-state index in [1.165, 1.54) is 7.11 Å². The molecule has 2 fully saturated rings. The number of methoxy groups -OCH3 is 1. The van der Waals surface area contributed by atoms with Crippen LogP contribution in [0.3, 0.4) is 0 Å². The lowest BCUT2D eigenvalue weighted by molar-refractivity contribution is -0.147. The monoisotopic (exact) mass is 328 g/mol. The molecule has 1 saturated carbocycles. The molecule has 4 rings (SSSR count). The summed E-state index contributed by atoms with van der Waals surface area (Å²) < 4.78 is 5.51. The van der Waals surface area contributed by atoms with Crippen molar-refractivity contribution in [2.45, 2.75) is 25.0 Å². The number of carbonyl (C=O) groups excluding carboxylic acids is 1. The first-order valence-corrected chi connectivity index (χ1v) is 8.18. The highest BCUT2D eigenvalue weighted by molar-refractivity contribution is 6.02. The third kappa shape index (κ3) is 2.17. The number of fused-ring (bicyclic) bond motifs is 1. The highest BCUT2D eigenvalue weighted by Gasteiger charge is 2.66. The summed E-state index contributed by atoms with van der Waals surface area (Å²) in [7, 11) is 1.53. The van der Waals surface area contributed by atoms with E-state index in [2.05, 4.69) is 10.3 Å². The van der Waals surface area contributed by atoms with Crippen LogP contribution in [0.5, 0.6) is 0 Å². The molecule has 1 aliphatic heterocycles. The Morgan fingerprint density at radius 1 is 1.33 bits per heavy atom. The number of hydrogen-bond donors (Lipinski definition) is 3. The Bertz CT molecular complexity index is 781. The highest BCUT2D eigenvalue weighted by Crippen LogP contribution is 2.61. The van der Waals surface area contributed by atoms with Gasteiger partial charge in [0, 0.05) is 29.3 Å². The van der Waals surface area contributed by atoms with E-state index in [0.29, 0.717) is 18.7 Å². The number of Topliss-reactive ketones (excluding diaryl/α,β-unsaturated/α-hetero) is 1. The van der Waals surface area contributed by atoms with Crippen LogP contribution in [0, 0.1) is 11.3 Å². The zero-order valence-electron chi connectivity index (χ0n) is 13.4. The van der Waals surface area contributed by atoms with Gasteiger partial charge in [-0.15, -0.1) is 0 Å². The first-order valence-electron chi connectivity index (χ1n) is 8.18. The predicted molar refractivity (Wildman–Crippen MR) is 88.0 cm³/mol. The van der Waals surface area contributed by atoms with Crippen molar-refractivity contribution >= 4 is 22.7 Å². The van der Waals surface area contributed by atoms with Gasteiger partial charge in [0.05, 0.1) is 11.8 Å². The molecule has 1 spiro atoms. The second-order valence-electron chi connectivity index (χ2n) is 6.80. The Balaban J connectivity index is 1.61. The fourth-order valence-electron chi connectivity index (χ4n) is 4.29. The summed E-state index contributed by atoms with van der Waals surface area (Å²) in [6, 6.07) is 8.89. The Morgan fingerprint density at radius 3 is 2.83 bits per heavy atom. The van der Waals surface area contributed by atoms with Crippen molar-refractivity contribution in [1.82, 2.24) is 10.3 Å². The number of H-pyrrole nitrogens is 1. The van der Waals surface area contributed by atoms with Gasteiger partial charge in [-0.25, -0.2) is 0 Å². The van der Waals surface area contributed by atoms with Crippen molar-refractivity contribution in [3.05, 3.63) is 36.0 Å². The molecule has 1 aromatic heterocycles. The fraction of sp³-hybridized carbons (Fsp3) is 0.444. The Labute approximate surface area is 139 Å². The van der Waals surface area contributed by atoms with Crippen molar-refractivity contribution in [1.29, 1.82) is 0 Å². The van der Waals surface area contributed by atoms with Gasteiger partial charge in [0.2, 0.25) is 0 Å². The molecule has 6 heteroatoms. The molecule has 0 amide bonds. The standard InChI is InChI=1S/C18H20N2O4/c1-24-16-14(17(22)23)19-7-6-18(16)9-11(18)15(21)13-8-10-4-2-3-5-12(10)20-13/h2-5,8,11,14,16,19-20H,6-7,9H2,1H3,(H,22,23). The molecule has 24 heavy (non-hydrogen) atoms. The molecule has 2 heterocycles. The van der Waals surface area contributed by atoms with Crippen molar-refractivity contribution in [3.63, 3.8) is 0 Å². The number of para-hydroxylation sites is 1. The average molecular weight is 328 g/mol. The molecule has 6 nitrogen and oxygen atoms in total. The van der Waals surface area contributed by atoms with Crippen LogP contribution in [0.1, 0.15) is 23.3 Å². The molecular formula is C18H20N2O4. The third-order valence-electron chi connectivity index (χ3n) is 5.57. The van der Waals surface area contributed by atoms with Crippen molar-refractivity contribution in [2.24, 2.45) is 11.3 Å². The van der Waals surface area contributed by atoms with E-state index >= 15 is 0 Å². The van der Waals surface area contributed by atoms with E-state index in [1.807, 2.05) is 30.3 Å². The normalized spacial score (nSPS) is 32.1. The first-order chi connectivity index (χ1) is 11.6. The van der Waals surface area contributed by atoms with Crippen molar-refractivity contribution in [2.75, 3.05) is 13.7 Å². The van der Waals surface area contributed by atoms with Gasteiger partial charge < -0.3 is 20.1 Å². The van der Waals surface area contributed by atoms with Gasteiger partial charge in [-0.05, 0) is 31.5 Å². The molecular weight excluding hydrogens is 308 g/mol. The molecule has 3 N–H and O–H groups in total. The zero-order chi connectivity index (χ0) is 16.9. The van der Waals surface area contributed by atoms with Crippen LogP contribution in [-0.4, -0.2) is 47.6 Å². The first kappa shape index (κ1) is 15.4. The number of aromatic amines is 1. The van der Waals surface area contributed by atoms with Crippen LogP contribution in [0.4, 0.5) is 0 Å². The molecule has 1 aromatic carbocycles. The summed E-state index contributed by atoms with van der Waals surface area (Å²) in [5.41, 5.74) is 1.17. The number of carboxylic acids is 1. The van der Waals surface area contributed by atoms with Crippen molar-refractivity contribution < 1.29 is 19.4 Å². The third-order valence-corrected chi connectivity index (χ3v) is 5.57. The van der Waals surface area contributed by atoms with Crippen LogP contribution in [0.25, 0.3) is 10.9 Å². The molecule has 126 valence electrons. The van der Waals surface area contributed by atoms with Crippen LogP contribution in [0.2, 0.25) is 0 Å². The quantitative estimate of drug-likeness (QED) is 0.745. The number of carboxylic acid groups (broad SMARTS) is 1. The topological polar surface area (TPSA) is 91.4 Å². The minimum Gasteiger partial charge on any atom is -0.480 e. The largest absolute Gasteiger partial charge is 0.480 e. The maximum atomic E-state index is 12.9. The molecule has 0 bridgehead atoms. The lowest BCUT2D eigenvalue weighted by atomic mass is 9.82. The van der Waals surface area contributed by atoms with Gasteiger partial charge in [0.1, 0.15) is 6.04 Å². The molecule has 1 saturated heterocycles. The average Bonchev–Trinajstić information content (AvgIpc) is 3.11. The van der Waals surface area contributed by atoms with Crippen LogP contribution in [0.15, 0.2) is 30.3 Å². The summed E-state index contributed by atoms with van der Waals surface area (Å²) in [5, 5.41) is 13.4. The number of carbonyl (C=O) groups is 2. The lowest BCUT2D eigenvalue weighted by Gasteiger charge is -2.37. The molecule has 4 unspecified atom stereocenters. The summed E-state index contributed by atoms with van der Waals surface area (Å²) in [5.74, 6) is -1.05. The number of ether oxygens (including phenoxy) is 1. The number of hydrogen-bond acceptors (Lipinski definition) is 4. The van der Waals surface area contributed by atoms with Gasteiger partial charge in [-0.3, -0.25) is 9.59 Å². The smallest absolute Gasteiger partial charge is 0.323 e. The van der Waals surface area contributed by atoms with Gasteiger partial charge >= 0.3 is 5.97 Å². The number of rotatable bonds is 4. The molecule has 2 aliphatic rings. The minimum absolute atomic E-state index is 0.0549. The van der Waals surface area contributed by atoms with Gasteiger partial charge in [-0.1, -0.05) is 18.2 Å². The van der Waals surface area contributed by atoms with Gasteiger partial charge in [0.25, 0.3) is 0 Å².